The van der Waals surface area contributed by atoms with Crippen molar-refractivity contribution in [2.24, 2.45) is 10.9 Å². The van der Waals surface area contributed by atoms with Crippen LogP contribution in [0.25, 0.3) is 0 Å². The van der Waals surface area contributed by atoms with Gasteiger partial charge in [0.15, 0.2) is 5.84 Å². The molecule has 1 saturated heterocycles. The molecular weight excluding hydrogens is 278 g/mol. The van der Waals surface area contributed by atoms with Crippen LogP contribution in [0.1, 0.15) is 24.0 Å². The third kappa shape index (κ3) is 3.94. The molecule has 1 aromatic carbocycles. The molecule has 110 valence electrons. The minimum absolute atomic E-state index is 0.0852. The van der Waals surface area contributed by atoms with E-state index in [-0.39, 0.29) is 23.4 Å². The van der Waals surface area contributed by atoms with Crippen LogP contribution in [0.3, 0.4) is 0 Å². The Balaban J connectivity index is 1.86. The number of oxime groups is 1. The van der Waals surface area contributed by atoms with E-state index in [1.807, 2.05) is 12.1 Å². The Morgan fingerprint density at radius 2 is 1.90 bits per heavy atom. The fraction of sp³-hybridized carbons (Fsp3) is 0.462. The minimum atomic E-state index is -2.81. The first kappa shape index (κ1) is 14.8. The van der Waals surface area contributed by atoms with Crippen molar-refractivity contribution in [3.8, 4) is 0 Å². The fourth-order valence-electron chi connectivity index (χ4n) is 2.21. The fourth-order valence-corrected chi connectivity index (χ4v) is 3.70. The second-order valence-corrected chi connectivity index (χ2v) is 7.29. The van der Waals surface area contributed by atoms with Crippen LogP contribution in [-0.4, -0.2) is 37.0 Å². The van der Waals surface area contributed by atoms with Gasteiger partial charge in [0.2, 0.25) is 0 Å². The maximum absolute atomic E-state index is 11.3. The van der Waals surface area contributed by atoms with Gasteiger partial charge < -0.3 is 16.3 Å². The van der Waals surface area contributed by atoms with E-state index in [0.717, 1.165) is 5.56 Å². The first-order valence-corrected chi connectivity index (χ1v) is 8.33. The van der Waals surface area contributed by atoms with Gasteiger partial charge in [-0.3, -0.25) is 0 Å². The molecule has 1 fully saturated rings. The standard InChI is InChI=1S/C13H19N3O3S/c14-13(16-17)11-3-1-10(2-4-11)9-15-12-5-7-20(18,19)8-6-12/h1-4,12,15,17H,5-9H2,(H2,14,16). The minimum Gasteiger partial charge on any atom is -0.409 e. The molecule has 0 aromatic heterocycles. The molecule has 1 heterocycles. The molecule has 6 nitrogen and oxygen atoms in total. The molecule has 20 heavy (non-hydrogen) atoms. The predicted octanol–water partition coefficient (Wildman–Crippen LogP) is 0.448. The number of sulfone groups is 1. The molecule has 1 aliphatic rings. The lowest BCUT2D eigenvalue weighted by Crippen LogP contribution is -2.37. The van der Waals surface area contributed by atoms with Crippen molar-refractivity contribution in [2.75, 3.05) is 11.5 Å². The van der Waals surface area contributed by atoms with Gasteiger partial charge in [0.1, 0.15) is 9.84 Å². The van der Waals surface area contributed by atoms with E-state index in [1.54, 1.807) is 12.1 Å². The van der Waals surface area contributed by atoms with Gasteiger partial charge >= 0.3 is 0 Å². The van der Waals surface area contributed by atoms with Crippen molar-refractivity contribution >= 4 is 15.7 Å². The van der Waals surface area contributed by atoms with E-state index in [0.29, 0.717) is 24.9 Å². The van der Waals surface area contributed by atoms with Gasteiger partial charge in [0.05, 0.1) is 11.5 Å². The van der Waals surface area contributed by atoms with Crippen molar-refractivity contribution in [3.63, 3.8) is 0 Å². The number of nitrogens with one attached hydrogen (secondary N) is 1. The average Bonchev–Trinajstić information content (AvgIpc) is 2.46. The smallest absolute Gasteiger partial charge is 0.170 e. The van der Waals surface area contributed by atoms with Gasteiger partial charge in [-0.2, -0.15) is 0 Å². The summed E-state index contributed by atoms with van der Waals surface area (Å²) < 4.78 is 22.7. The van der Waals surface area contributed by atoms with Crippen molar-refractivity contribution in [1.29, 1.82) is 0 Å². The highest BCUT2D eigenvalue weighted by atomic mass is 32.2. The SMILES string of the molecule is NC(=NO)c1ccc(CNC2CCS(=O)(=O)CC2)cc1. The van der Waals surface area contributed by atoms with Crippen LogP contribution in [0.4, 0.5) is 0 Å². The van der Waals surface area contributed by atoms with E-state index >= 15 is 0 Å². The van der Waals surface area contributed by atoms with Crippen molar-refractivity contribution < 1.29 is 13.6 Å². The van der Waals surface area contributed by atoms with E-state index in [4.69, 9.17) is 10.9 Å². The number of nitrogens with two attached hydrogens (primary N) is 1. The monoisotopic (exact) mass is 297 g/mol. The largest absolute Gasteiger partial charge is 0.409 e. The van der Waals surface area contributed by atoms with Crippen LogP contribution in [-0.2, 0) is 16.4 Å². The van der Waals surface area contributed by atoms with E-state index < -0.39 is 9.84 Å². The lowest BCUT2D eigenvalue weighted by atomic mass is 10.1. The summed E-state index contributed by atoms with van der Waals surface area (Å²) in [4.78, 5) is 0. The summed E-state index contributed by atoms with van der Waals surface area (Å²) in [6.45, 7) is 0.682. The van der Waals surface area contributed by atoms with E-state index in [1.165, 1.54) is 0 Å². The zero-order valence-electron chi connectivity index (χ0n) is 11.1. The van der Waals surface area contributed by atoms with Gasteiger partial charge in [0.25, 0.3) is 0 Å². The highest BCUT2D eigenvalue weighted by Crippen LogP contribution is 2.13. The Bertz CT molecular complexity index is 567. The third-order valence-corrected chi connectivity index (χ3v) is 5.22. The van der Waals surface area contributed by atoms with Gasteiger partial charge in [-0.15, -0.1) is 0 Å². The second kappa shape index (κ2) is 6.23. The lowest BCUT2D eigenvalue weighted by Gasteiger charge is -2.23. The van der Waals surface area contributed by atoms with E-state index in [9.17, 15) is 8.42 Å². The molecule has 1 aromatic rings. The van der Waals surface area contributed by atoms with Gasteiger partial charge in [-0.1, -0.05) is 29.4 Å². The molecule has 0 aliphatic carbocycles. The van der Waals surface area contributed by atoms with Crippen molar-refractivity contribution in [1.82, 2.24) is 5.32 Å². The molecule has 0 amide bonds. The van der Waals surface area contributed by atoms with Crippen molar-refractivity contribution in [2.45, 2.75) is 25.4 Å². The molecule has 0 bridgehead atoms. The highest BCUT2D eigenvalue weighted by molar-refractivity contribution is 7.91. The molecular formula is C13H19N3O3S. The predicted molar refractivity (Wildman–Crippen MR) is 77.5 cm³/mol. The number of amidine groups is 1. The zero-order valence-corrected chi connectivity index (χ0v) is 11.9. The number of hydrogen-bond donors (Lipinski definition) is 3. The van der Waals surface area contributed by atoms with Crippen LogP contribution in [0.5, 0.6) is 0 Å². The van der Waals surface area contributed by atoms with Crippen LogP contribution < -0.4 is 11.1 Å². The Morgan fingerprint density at radius 1 is 1.30 bits per heavy atom. The molecule has 1 aliphatic heterocycles. The highest BCUT2D eigenvalue weighted by Gasteiger charge is 2.22. The normalized spacial score (nSPS) is 19.9. The number of benzene rings is 1. The van der Waals surface area contributed by atoms with Crippen LogP contribution in [0, 0.1) is 0 Å². The lowest BCUT2D eigenvalue weighted by molar-refractivity contribution is 0.318. The summed E-state index contributed by atoms with van der Waals surface area (Å²) in [5.41, 5.74) is 7.23. The third-order valence-electron chi connectivity index (χ3n) is 3.51. The molecule has 2 rings (SSSR count). The molecule has 0 atom stereocenters. The molecule has 0 radical (unpaired) electrons. The maximum atomic E-state index is 11.3. The summed E-state index contributed by atoms with van der Waals surface area (Å²) in [5.74, 6) is 0.627. The summed E-state index contributed by atoms with van der Waals surface area (Å²) in [7, 11) is -2.81. The first-order valence-electron chi connectivity index (χ1n) is 6.51. The topological polar surface area (TPSA) is 105 Å². The Hall–Kier alpha value is -1.60. The number of rotatable bonds is 4. The summed E-state index contributed by atoms with van der Waals surface area (Å²) in [5, 5.41) is 14.9. The van der Waals surface area contributed by atoms with E-state index in [2.05, 4.69) is 10.5 Å². The van der Waals surface area contributed by atoms with Gasteiger partial charge in [-0.05, 0) is 18.4 Å². The van der Waals surface area contributed by atoms with Crippen LogP contribution >= 0.6 is 0 Å². The summed E-state index contributed by atoms with van der Waals surface area (Å²) in [6, 6.07) is 7.64. The number of hydrogen-bond acceptors (Lipinski definition) is 5. The molecule has 0 spiro atoms. The summed E-state index contributed by atoms with van der Waals surface area (Å²) in [6.07, 6.45) is 1.34. The summed E-state index contributed by atoms with van der Waals surface area (Å²) >= 11 is 0. The molecule has 4 N–H and O–H groups in total. The molecule has 7 heteroatoms. The maximum Gasteiger partial charge on any atom is 0.170 e. The zero-order chi connectivity index (χ0) is 14.6. The second-order valence-electron chi connectivity index (χ2n) is 4.99. The molecule has 0 unspecified atom stereocenters. The van der Waals surface area contributed by atoms with Crippen LogP contribution in [0.15, 0.2) is 29.4 Å². The Morgan fingerprint density at radius 3 is 2.45 bits per heavy atom. The van der Waals surface area contributed by atoms with Crippen molar-refractivity contribution in [3.05, 3.63) is 35.4 Å². The molecule has 0 saturated carbocycles. The average molecular weight is 297 g/mol. The van der Waals surface area contributed by atoms with Crippen LogP contribution in [0.2, 0.25) is 0 Å². The number of nitrogens with zero attached hydrogens (tertiary/aromatic N) is 1. The quantitative estimate of drug-likeness (QED) is 0.324. The van der Waals surface area contributed by atoms with Gasteiger partial charge in [0, 0.05) is 18.2 Å². The first-order chi connectivity index (χ1) is 9.50. The Kier molecular flexibility index (Phi) is 4.61. The van der Waals surface area contributed by atoms with Gasteiger partial charge in [-0.25, -0.2) is 8.42 Å². The Labute approximate surface area is 118 Å².